The van der Waals surface area contributed by atoms with Gasteiger partial charge in [0.2, 0.25) is 10.0 Å². The zero-order valence-electron chi connectivity index (χ0n) is 28.3. The molecule has 50 heavy (non-hydrogen) atoms. The number of fused-ring (bicyclic) bond motifs is 6. The van der Waals surface area contributed by atoms with Crippen molar-refractivity contribution in [1.82, 2.24) is 24.6 Å². The number of amides is 1. The summed E-state index contributed by atoms with van der Waals surface area (Å²) >= 11 is 0. The standard InChI is InChI=1S/C38H35FN6O4S/c1-21-9-11-23(12-10-21)37-35(38(46)40-3)26-15-25(31(17-33(26)49-37)43(4)50(5,47)48)28-13-14-29-36(42-28)32-16-24-27(39)7-6-8-30(24)45(32)34(41-29)20-44-18-22(2)19-44/h6-17,22H,18-20H2,1-5H3,(H,40,46). The van der Waals surface area contributed by atoms with Crippen molar-refractivity contribution >= 4 is 60.0 Å². The third-order valence-electron chi connectivity index (χ3n) is 9.61. The molecule has 1 aliphatic heterocycles. The van der Waals surface area contributed by atoms with Crippen LogP contribution in [0.2, 0.25) is 0 Å². The van der Waals surface area contributed by atoms with E-state index in [-0.39, 0.29) is 11.7 Å². The quantitative estimate of drug-likeness (QED) is 0.197. The topological polar surface area (TPSA) is 113 Å². The summed E-state index contributed by atoms with van der Waals surface area (Å²) in [6.07, 6.45) is 1.12. The van der Waals surface area contributed by atoms with Crippen LogP contribution in [0.4, 0.5) is 10.1 Å². The fraction of sp³-hybridized carbons (Fsp3) is 0.237. The molecule has 1 fully saturated rings. The number of benzene rings is 3. The molecule has 0 saturated carbocycles. The Kier molecular flexibility index (Phi) is 7.42. The van der Waals surface area contributed by atoms with E-state index in [2.05, 4.69) is 17.1 Å². The first kappa shape index (κ1) is 31.9. The van der Waals surface area contributed by atoms with Gasteiger partial charge in [0, 0.05) is 55.2 Å². The van der Waals surface area contributed by atoms with Crippen LogP contribution in [0.25, 0.3) is 61.0 Å². The summed E-state index contributed by atoms with van der Waals surface area (Å²) in [4.78, 5) is 25.9. The lowest BCUT2D eigenvalue weighted by Gasteiger charge is -2.36. The lowest BCUT2D eigenvalue weighted by molar-refractivity contribution is 0.0964. The highest BCUT2D eigenvalue weighted by Gasteiger charge is 2.28. The van der Waals surface area contributed by atoms with Crippen molar-refractivity contribution in [1.29, 1.82) is 0 Å². The maximum absolute atomic E-state index is 15.2. The number of halogens is 1. The normalized spacial score (nSPS) is 14.2. The third-order valence-corrected chi connectivity index (χ3v) is 10.8. The van der Waals surface area contributed by atoms with Gasteiger partial charge >= 0.3 is 0 Å². The Morgan fingerprint density at radius 2 is 1.78 bits per heavy atom. The number of rotatable bonds is 7. The van der Waals surface area contributed by atoms with Gasteiger partial charge in [-0.3, -0.25) is 18.4 Å². The first-order chi connectivity index (χ1) is 23.9. The molecule has 0 aliphatic carbocycles. The van der Waals surface area contributed by atoms with Crippen LogP contribution >= 0.6 is 0 Å². The monoisotopic (exact) mass is 690 g/mol. The largest absolute Gasteiger partial charge is 0.455 e. The van der Waals surface area contributed by atoms with Gasteiger partial charge in [-0.15, -0.1) is 0 Å². The van der Waals surface area contributed by atoms with Crippen LogP contribution in [0.5, 0.6) is 0 Å². The minimum atomic E-state index is -3.73. The van der Waals surface area contributed by atoms with Crippen LogP contribution in [0.15, 0.2) is 77.2 Å². The Morgan fingerprint density at radius 3 is 2.48 bits per heavy atom. The molecule has 1 amide bonds. The average Bonchev–Trinajstić information content (AvgIpc) is 3.66. The van der Waals surface area contributed by atoms with Crippen molar-refractivity contribution in [3.63, 3.8) is 0 Å². The van der Waals surface area contributed by atoms with Crippen LogP contribution in [0, 0.1) is 18.7 Å². The number of furan rings is 1. The minimum absolute atomic E-state index is 0.318. The molecular weight excluding hydrogens is 656 g/mol. The lowest BCUT2D eigenvalue weighted by Crippen LogP contribution is -2.44. The van der Waals surface area contributed by atoms with Gasteiger partial charge in [0.25, 0.3) is 5.91 Å². The van der Waals surface area contributed by atoms with Crippen molar-refractivity contribution in [2.75, 3.05) is 37.7 Å². The van der Waals surface area contributed by atoms with E-state index in [1.165, 1.54) is 17.4 Å². The molecule has 0 atom stereocenters. The number of hydrogen-bond donors (Lipinski definition) is 1. The highest BCUT2D eigenvalue weighted by molar-refractivity contribution is 7.92. The van der Waals surface area contributed by atoms with Gasteiger partial charge in [-0.05, 0) is 49.2 Å². The second-order valence-corrected chi connectivity index (χ2v) is 15.3. The number of sulfonamides is 1. The van der Waals surface area contributed by atoms with Crippen LogP contribution in [0.1, 0.15) is 28.7 Å². The highest BCUT2D eigenvalue weighted by atomic mass is 32.2. The van der Waals surface area contributed by atoms with E-state index in [0.29, 0.717) is 84.7 Å². The van der Waals surface area contributed by atoms with E-state index in [1.54, 1.807) is 37.4 Å². The minimum Gasteiger partial charge on any atom is -0.455 e. The number of hydrogen-bond acceptors (Lipinski definition) is 7. The van der Waals surface area contributed by atoms with Crippen LogP contribution in [-0.2, 0) is 16.6 Å². The first-order valence-corrected chi connectivity index (χ1v) is 18.2. The van der Waals surface area contributed by atoms with Gasteiger partial charge in [-0.25, -0.2) is 22.8 Å². The lowest BCUT2D eigenvalue weighted by atomic mass is 10.00. The van der Waals surface area contributed by atoms with Crippen LogP contribution in [-0.4, -0.2) is 67.0 Å². The van der Waals surface area contributed by atoms with E-state index in [4.69, 9.17) is 14.4 Å². The molecule has 1 aliphatic rings. The maximum Gasteiger partial charge on any atom is 0.255 e. The van der Waals surface area contributed by atoms with Gasteiger partial charge in [0.15, 0.2) is 0 Å². The predicted molar refractivity (Wildman–Crippen MR) is 194 cm³/mol. The van der Waals surface area contributed by atoms with Gasteiger partial charge < -0.3 is 9.73 Å². The van der Waals surface area contributed by atoms with Gasteiger partial charge in [-0.2, -0.15) is 0 Å². The molecule has 0 unspecified atom stereocenters. The van der Waals surface area contributed by atoms with Crippen molar-refractivity contribution < 1.29 is 22.0 Å². The SMILES string of the molecule is CNC(=O)c1c(-c2ccc(C)cc2)oc2cc(N(C)S(C)(=O)=O)c(-c3ccc4nc(CN5CC(C)C5)n5c6cccc(F)c6cc5c4n3)cc12. The number of pyridine rings is 1. The molecular formula is C38H35FN6O4S. The van der Waals surface area contributed by atoms with E-state index in [0.717, 1.165) is 30.7 Å². The molecule has 254 valence electrons. The number of carbonyl (C=O) groups excluding carboxylic acids is 1. The molecule has 7 aromatic rings. The number of anilines is 1. The fourth-order valence-corrected chi connectivity index (χ4v) is 7.52. The van der Waals surface area contributed by atoms with Gasteiger partial charge in [0.05, 0.1) is 46.3 Å². The number of nitrogens with one attached hydrogen (secondary N) is 1. The first-order valence-electron chi connectivity index (χ1n) is 16.4. The van der Waals surface area contributed by atoms with Crippen molar-refractivity contribution in [3.8, 4) is 22.6 Å². The second kappa shape index (κ2) is 11.6. The summed E-state index contributed by atoms with van der Waals surface area (Å²) in [6.45, 7) is 6.71. The molecule has 4 aromatic heterocycles. The maximum atomic E-state index is 15.2. The number of aromatic nitrogens is 3. The summed E-state index contributed by atoms with van der Waals surface area (Å²) < 4.78 is 50.6. The predicted octanol–water partition coefficient (Wildman–Crippen LogP) is 6.77. The third kappa shape index (κ3) is 5.17. The Labute approximate surface area is 288 Å². The van der Waals surface area contributed by atoms with Gasteiger partial charge in [-0.1, -0.05) is 42.8 Å². The molecule has 1 saturated heterocycles. The average molecular weight is 691 g/mol. The number of nitrogens with zero attached hydrogens (tertiary/aromatic N) is 5. The molecule has 5 heterocycles. The Balaban J connectivity index is 1.40. The summed E-state index contributed by atoms with van der Waals surface area (Å²) in [5.74, 6) is 1.07. The van der Waals surface area contributed by atoms with E-state index in [9.17, 15) is 13.2 Å². The van der Waals surface area contributed by atoms with Crippen LogP contribution in [0.3, 0.4) is 0 Å². The van der Waals surface area contributed by atoms with Crippen LogP contribution < -0.4 is 9.62 Å². The van der Waals surface area contributed by atoms with E-state index >= 15 is 4.39 Å². The number of aryl methyl sites for hydroxylation is 1. The smallest absolute Gasteiger partial charge is 0.255 e. The molecule has 1 N–H and O–H groups in total. The molecule has 0 radical (unpaired) electrons. The Morgan fingerprint density at radius 1 is 1.02 bits per heavy atom. The molecule has 3 aromatic carbocycles. The van der Waals surface area contributed by atoms with Crippen molar-refractivity contribution in [2.45, 2.75) is 20.4 Å². The molecule has 0 spiro atoms. The van der Waals surface area contributed by atoms with E-state index < -0.39 is 10.0 Å². The zero-order chi connectivity index (χ0) is 35.1. The Hall–Kier alpha value is -5.33. The summed E-state index contributed by atoms with van der Waals surface area (Å²) in [5.41, 5.74) is 6.21. The second-order valence-electron chi connectivity index (χ2n) is 13.3. The number of carbonyl (C=O) groups is 1. The van der Waals surface area contributed by atoms with E-state index in [1.807, 2.05) is 47.7 Å². The summed E-state index contributed by atoms with van der Waals surface area (Å²) in [7, 11) is -0.711. The summed E-state index contributed by atoms with van der Waals surface area (Å²) in [6, 6.07) is 21.5. The zero-order valence-corrected chi connectivity index (χ0v) is 29.1. The molecule has 12 heteroatoms. The fourth-order valence-electron chi connectivity index (χ4n) is 7.01. The summed E-state index contributed by atoms with van der Waals surface area (Å²) in [5, 5.41) is 3.69. The Bertz CT molecular complexity index is 2620. The van der Waals surface area contributed by atoms with Gasteiger partial charge in [0.1, 0.15) is 28.5 Å². The molecule has 10 nitrogen and oxygen atoms in total. The molecule has 8 rings (SSSR count). The molecule has 0 bridgehead atoms. The highest BCUT2D eigenvalue weighted by Crippen LogP contribution is 2.41. The number of likely N-dealkylation sites (tertiary alicyclic amines) is 1. The van der Waals surface area contributed by atoms with Crippen molar-refractivity contribution in [2.24, 2.45) is 5.92 Å². The van der Waals surface area contributed by atoms with Crippen molar-refractivity contribution in [3.05, 3.63) is 95.6 Å².